The molecular weight excluding hydrogens is 172 g/mol. The Bertz CT molecular complexity index is 272. The summed E-state index contributed by atoms with van der Waals surface area (Å²) < 4.78 is 24.6. The van der Waals surface area contributed by atoms with Crippen LogP contribution in [0, 0.1) is 0 Å². The smallest absolute Gasteiger partial charge is 0.323 e. The number of rotatable bonds is 1. The largest absolute Gasteiger partial charge is 0.480 e. The summed E-state index contributed by atoms with van der Waals surface area (Å²) in [6.45, 7) is -0.0162. The Morgan fingerprint density at radius 1 is 1.73 bits per heavy atom. The summed E-state index contributed by atoms with van der Waals surface area (Å²) in [5.74, 6) is -1.15. The highest BCUT2D eigenvalue weighted by atomic mass is 32.2. The van der Waals surface area contributed by atoms with E-state index in [9.17, 15) is 13.2 Å². The van der Waals surface area contributed by atoms with Gasteiger partial charge in [0.25, 0.3) is 10.2 Å². The van der Waals surface area contributed by atoms with E-state index >= 15 is 0 Å². The van der Waals surface area contributed by atoms with Crippen molar-refractivity contribution < 1.29 is 18.3 Å². The number of hydrogen-bond donors (Lipinski definition) is 2. The maximum absolute atomic E-state index is 10.8. The minimum atomic E-state index is -3.52. The van der Waals surface area contributed by atoms with E-state index in [1.54, 1.807) is 0 Å². The monoisotopic (exact) mass is 180 g/mol. The van der Waals surface area contributed by atoms with E-state index in [0.29, 0.717) is 0 Å². The van der Waals surface area contributed by atoms with Gasteiger partial charge in [0.05, 0.1) is 0 Å². The number of carboxylic acid groups (broad SMARTS) is 1. The summed E-state index contributed by atoms with van der Waals surface area (Å²) in [5.41, 5.74) is 0. The molecular formula is C4H8N2O4S. The number of nitrogens with zero attached hydrogens (tertiary/aromatic N) is 1. The van der Waals surface area contributed by atoms with Gasteiger partial charge in [-0.3, -0.25) is 4.79 Å². The topological polar surface area (TPSA) is 86.7 Å². The van der Waals surface area contributed by atoms with Crippen molar-refractivity contribution in [3.8, 4) is 0 Å². The van der Waals surface area contributed by atoms with E-state index in [2.05, 4.69) is 0 Å². The molecule has 0 aromatic carbocycles. The molecule has 0 saturated carbocycles. The highest BCUT2D eigenvalue weighted by Gasteiger charge is 2.36. The van der Waals surface area contributed by atoms with Crippen LogP contribution in [0.2, 0.25) is 0 Å². The molecule has 6 nitrogen and oxygen atoms in total. The van der Waals surface area contributed by atoms with Crippen molar-refractivity contribution in [2.45, 2.75) is 6.04 Å². The predicted molar refractivity (Wildman–Crippen MR) is 36.1 cm³/mol. The second-order valence-corrected chi connectivity index (χ2v) is 4.10. The maximum atomic E-state index is 10.8. The van der Waals surface area contributed by atoms with Gasteiger partial charge in [0.2, 0.25) is 0 Å². The molecule has 0 amide bonds. The van der Waals surface area contributed by atoms with Gasteiger partial charge in [0.1, 0.15) is 6.04 Å². The Morgan fingerprint density at radius 3 is 2.45 bits per heavy atom. The predicted octanol–water partition coefficient (Wildman–Crippen LogP) is -1.78. The molecule has 1 heterocycles. The molecule has 0 bridgehead atoms. The number of likely N-dealkylation sites (N-methyl/N-ethyl adjacent to an activating group) is 1. The molecule has 0 radical (unpaired) electrons. The van der Waals surface area contributed by atoms with E-state index in [-0.39, 0.29) is 6.54 Å². The number of aliphatic carboxylic acids is 1. The molecule has 1 aliphatic heterocycles. The summed E-state index contributed by atoms with van der Waals surface area (Å²) >= 11 is 0. The van der Waals surface area contributed by atoms with Gasteiger partial charge in [0, 0.05) is 13.6 Å². The van der Waals surface area contributed by atoms with E-state index in [1.807, 2.05) is 4.72 Å². The van der Waals surface area contributed by atoms with Crippen LogP contribution in [0.1, 0.15) is 0 Å². The van der Waals surface area contributed by atoms with Gasteiger partial charge in [-0.25, -0.2) is 0 Å². The quantitative estimate of drug-likeness (QED) is 0.499. The van der Waals surface area contributed by atoms with Crippen molar-refractivity contribution in [1.29, 1.82) is 0 Å². The van der Waals surface area contributed by atoms with Gasteiger partial charge in [-0.2, -0.15) is 17.4 Å². The third kappa shape index (κ3) is 1.50. The van der Waals surface area contributed by atoms with Crippen LogP contribution < -0.4 is 4.72 Å². The third-order valence-corrected chi connectivity index (χ3v) is 2.99. The summed E-state index contributed by atoms with van der Waals surface area (Å²) in [4.78, 5) is 10.3. The molecule has 0 aromatic heterocycles. The molecule has 1 fully saturated rings. The highest BCUT2D eigenvalue weighted by molar-refractivity contribution is 7.87. The van der Waals surface area contributed by atoms with Gasteiger partial charge in [-0.1, -0.05) is 0 Å². The molecule has 11 heavy (non-hydrogen) atoms. The SMILES string of the molecule is CN1CC(C(=O)O)NS1(=O)=O. The van der Waals surface area contributed by atoms with Crippen molar-refractivity contribution in [2.24, 2.45) is 0 Å². The summed E-state index contributed by atoms with van der Waals surface area (Å²) in [6, 6.07) is -1.01. The van der Waals surface area contributed by atoms with E-state index in [1.165, 1.54) is 7.05 Å². The third-order valence-electron chi connectivity index (χ3n) is 1.44. The van der Waals surface area contributed by atoms with Gasteiger partial charge >= 0.3 is 5.97 Å². The zero-order valence-corrected chi connectivity index (χ0v) is 6.63. The lowest BCUT2D eigenvalue weighted by atomic mass is 10.3. The fourth-order valence-corrected chi connectivity index (χ4v) is 1.85. The van der Waals surface area contributed by atoms with Gasteiger partial charge in [0.15, 0.2) is 0 Å². The summed E-state index contributed by atoms with van der Waals surface area (Å²) in [7, 11) is -2.19. The zero-order chi connectivity index (χ0) is 8.65. The van der Waals surface area contributed by atoms with Crippen LogP contribution in [0.5, 0.6) is 0 Å². The Kier molecular flexibility index (Phi) is 1.87. The summed E-state index contributed by atoms with van der Waals surface area (Å²) in [5, 5.41) is 8.41. The lowest BCUT2D eigenvalue weighted by Crippen LogP contribution is -2.34. The molecule has 1 unspecified atom stereocenters. The Hall–Kier alpha value is -0.660. The highest BCUT2D eigenvalue weighted by Crippen LogP contribution is 2.06. The van der Waals surface area contributed by atoms with Crippen LogP contribution in [-0.2, 0) is 15.0 Å². The lowest BCUT2D eigenvalue weighted by Gasteiger charge is -2.01. The molecule has 0 aromatic rings. The molecule has 2 N–H and O–H groups in total. The Morgan fingerprint density at radius 2 is 2.27 bits per heavy atom. The standard InChI is InChI=1S/C4H8N2O4S/c1-6-2-3(4(7)8)5-11(6,9)10/h3,5H,2H2,1H3,(H,7,8). The maximum Gasteiger partial charge on any atom is 0.323 e. The van der Waals surface area contributed by atoms with Crippen LogP contribution in [0.4, 0.5) is 0 Å². The second kappa shape index (κ2) is 2.43. The number of carboxylic acids is 1. The van der Waals surface area contributed by atoms with Crippen LogP contribution in [0.15, 0.2) is 0 Å². The Balaban J connectivity index is 2.81. The van der Waals surface area contributed by atoms with Crippen molar-refractivity contribution in [3.05, 3.63) is 0 Å². The van der Waals surface area contributed by atoms with Crippen molar-refractivity contribution >= 4 is 16.2 Å². The van der Waals surface area contributed by atoms with E-state index in [4.69, 9.17) is 5.11 Å². The number of carbonyl (C=O) groups is 1. The average Bonchev–Trinajstić information content (AvgIpc) is 2.08. The molecule has 1 aliphatic rings. The molecule has 0 spiro atoms. The molecule has 1 rings (SSSR count). The number of nitrogens with one attached hydrogen (secondary N) is 1. The van der Waals surface area contributed by atoms with Crippen LogP contribution >= 0.6 is 0 Å². The first kappa shape index (κ1) is 8.44. The van der Waals surface area contributed by atoms with E-state index in [0.717, 1.165) is 4.31 Å². The first-order valence-electron chi connectivity index (χ1n) is 2.90. The molecule has 1 atom stereocenters. The van der Waals surface area contributed by atoms with Crippen molar-refractivity contribution in [3.63, 3.8) is 0 Å². The average molecular weight is 180 g/mol. The zero-order valence-electron chi connectivity index (χ0n) is 5.81. The first-order valence-corrected chi connectivity index (χ1v) is 4.34. The normalized spacial score (nSPS) is 30.5. The molecule has 1 saturated heterocycles. The van der Waals surface area contributed by atoms with E-state index < -0.39 is 22.2 Å². The van der Waals surface area contributed by atoms with Crippen LogP contribution in [-0.4, -0.2) is 43.4 Å². The second-order valence-electron chi connectivity index (χ2n) is 2.29. The Labute approximate surface area is 64.0 Å². The van der Waals surface area contributed by atoms with Gasteiger partial charge in [-0.15, -0.1) is 0 Å². The minimum Gasteiger partial charge on any atom is -0.480 e. The fraction of sp³-hybridized carbons (Fsp3) is 0.750. The molecule has 0 aliphatic carbocycles. The minimum absolute atomic E-state index is 0.0162. The molecule has 7 heteroatoms. The van der Waals surface area contributed by atoms with Crippen LogP contribution in [0.25, 0.3) is 0 Å². The molecule has 64 valence electrons. The fourth-order valence-electron chi connectivity index (χ4n) is 0.791. The summed E-state index contributed by atoms with van der Waals surface area (Å²) in [6.07, 6.45) is 0. The van der Waals surface area contributed by atoms with Crippen molar-refractivity contribution in [2.75, 3.05) is 13.6 Å². The lowest BCUT2D eigenvalue weighted by molar-refractivity contribution is -0.138. The van der Waals surface area contributed by atoms with Gasteiger partial charge < -0.3 is 5.11 Å². The number of hydrogen-bond acceptors (Lipinski definition) is 3. The first-order chi connectivity index (χ1) is 4.93. The van der Waals surface area contributed by atoms with Crippen LogP contribution in [0.3, 0.4) is 0 Å². The van der Waals surface area contributed by atoms with Gasteiger partial charge in [-0.05, 0) is 0 Å². The van der Waals surface area contributed by atoms with Crippen molar-refractivity contribution in [1.82, 2.24) is 9.03 Å².